The van der Waals surface area contributed by atoms with Crippen molar-refractivity contribution < 1.29 is 18.0 Å². The Morgan fingerprint density at radius 2 is 1.49 bits per heavy atom. The summed E-state index contributed by atoms with van der Waals surface area (Å²) in [5, 5.41) is 3.37. The van der Waals surface area contributed by atoms with E-state index in [9.17, 15) is 18.0 Å². The molecule has 184 valence electrons. The van der Waals surface area contributed by atoms with E-state index in [1.165, 1.54) is 4.31 Å². The van der Waals surface area contributed by atoms with Crippen molar-refractivity contribution in [2.24, 2.45) is 0 Å². The van der Waals surface area contributed by atoms with Crippen LogP contribution >= 0.6 is 11.6 Å². The fraction of sp³-hybridized carbons (Fsp3) is 0.231. The van der Waals surface area contributed by atoms with Gasteiger partial charge in [0.25, 0.3) is 11.8 Å². The zero-order valence-corrected chi connectivity index (χ0v) is 21.4. The van der Waals surface area contributed by atoms with Crippen LogP contribution in [-0.4, -0.2) is 44.5 Å². The third kappa shape index (κ3) is 6.61. The number of rotatable bonds is 9. The normalized spacial score (nSPS) is 11.1. The number of nitrogens with one attached hydrogen (secondary N) is 1. The molecule has 0 aromatic heterocycles. The maximum Gasteiger partial charge on any atom is 0.255 e. The molecule has 3 rings (SSSR count). The van der Waals surface area contributed by atoms with Gasteiger partial charge in [0, 0.05) is 23.7 Å². The average molecular weight is 514 g/mol. The summed E-state index contributed by atoms with van der Waals surface area (Å²) in [6.45, 7) is 5.05. The van der Waals surface area contributed by atoms with Crippen molar-refractivity contribution in [3.05, 3.63) is 94.5 Å². The minimum atomic E-state index is -3.58. The van der Waals surface area contributed by atoms with Crippen molar-refractivity contribution in [2.45, 2.75) is 20.4 Å². The molecule has 0 fully saturated rings. The molecular weight excluding hydrogens is 486 g/mol. The molecule has 0 unspecified atom stereocenters. The van der Waals surface area contributed by atoms with Gasteiger partial charge in [0.1, 0.15) is 0 Å². The van der Waals surface area contributed by atoms with Gasteiger partial charge in [-0.25, -0.2) is 8.42 Å². The van der Waals surface area contributed by atoms with Gasteiger partial charge in [-0.05, 0) is 67.9 Å². The molecule has 9 heteroatoms. The number of hydrogen-bond donors (Lipinski definition) is 1. The Kier molecular flexibility index (Phi) is 8.53. The fourth-order valence-electron chi connectivity index (χ4n) is 3.59. The first-order chi connectivity index (χ1) is 16.6. The van der Waals surface area contributed by atoms with Crippen LogP contribution in [0.5, 0.6) is 0 Å². The summed E-state index contributed by atoms with van der Waals surface area (Å²) in [7, 11) is -3.58. The Hall–Kier alpha value is -3.36. The van der Waals surface area contributed by atoms with Crippen molar-refractivity contribution >= 4 is 44.8 Å². The predicted molar refractivity (Wildman–Crippen MR) is 141 cm³/mol. The quantitative estimate of drug-likeness (QED) is 0.434. The average Bonchev–Trinajstić information content (AvgIpc) is 2.84. The van der Waals surface area contributed by atoms with Gasteiger partial charge >= 0.3 is 0 Å². The third-order valence-electron chi connectivity index (χ3n) is 5.51. The van der Waals surface area contributed by atoms with E-state index in [1.54, 1.807) is 77.7 Å². The smallest absolute Gasteiger partial charge is 0.255 e. The number of halogens is 1. The first kappa shape index (κ1) is 26.2. The number of carbonyl (C=O) groups is 2. The van der Waals surface area contributed by atoms with E-state index >= 15 is 0 Å². The van der Waals surface area contributed by atoms with E-state index in [4.69, 9.17) is 11.6 Å². The molecule has 3 aromatic rings. The number of hydrogen-bond acceptors (Lipinski definition) is 4. The summed E-state index contributed by atoms with van der Waals surface area (Å²) in [4.78, 5) is 27.4. The molecule has 0 aliphatic rings. The topological polar surface area (TPSA) is 86.8 Å². The molecule has 2 amide bonds. The lowest BCUT2D eigenvalue weighted by Gasteiger charge is -2.23. The maximum atomic E-state index is 12.9. The second-order valence-electron chi connectivity index (χ2n) is 7.92. The van der Waals surface area contributed by atoms with Crippen LogP contribution in [0.15, 0.2) is 72.8 Å². The van der Waals surface area contributed by atoms with Crippen molar-refractivity contribution in [3.63, 3.8) is 0 Å². The molecule has 0 bridgehead atoms. The third-order valence-corrected chi connectivity index (χ3v) is 6.91. The highest BCUT2D eigenvalue weighted by atomic mass is 35.5. The lowest BCUT2D eigenvalue weighted by molar-refractivity contribution is 0.0774. The van der Waals surface area contributed by atoms with Crippen molar-refractivity contribution in [1.29, 1.82) is 0 Å². The van der Waals surface area contributed by atoms with Gasteiger partial charge in [-0.15, -0.1) is 0 Å². The van der Waals surface area contributed by atoms with Crippen LogP contribution in [0.2, 0.25) is 5.02 Å². The largest absolute Gasteiger partial charge is 0.339 e. The van der Waals surface area contributed by atoms with E-state index in [1.807, 2.05) is 13.8 Å². The molecule has 3 aromatic carbocycles. The molecule has 0 saturated carbocycles. The molecule has 0 spiro atoms. The highest BCUT2D eigenvalue weighted by molar-refractivity contribution is 7.92. The molecule has 0 saturated heterocycles. The van der Waals surface area contributed by atoms with Crippen LogP contribution in [0.25, 0.3) is 0 Å². The summed E-state index contributed by atoms with van der Waals surface area (Å²) in [6, 6.07) is 20.1. The summed E-state index contributed by atoms with van der Waals surface area (Å²) < 4.78 is 26.2. The maximum absolute atomic E-state index is 12.9. The van der Waals surface area contributed by atoms with E-state index < -0.39 is 15.9 Å². The van der Waals surface area contributed by atoms with Gasteiger partial charge in [-0.3, -0.25) is 13.9 Å². The first-order valence-electron chi connectivity index (χ1n) is 11.2. The number of benzene rings is 3. The molecule has 0 heterocycles. The van der Waals surface area contributed by atoms with Crippen LogP contribution in [0.1, 0.15) is 40.1 Å². The molecule has 0 aliphatic carbocycles. The number of amides is 2. The van der Waals surface area contributed by atoms with Gasteiger partial charge in [0.05, 0.1) is 29.7 Å². The summed E-state index contributed by atoms with van der Waals surface area (Å²) in [5.74, 6) is -0.563. The van der Waals surface area contributed by atoms with E-state index in [2.05, 4.69) is 5.32 Å². The zero-order chi connectivity index (χ0) is 25.6. The number of nitrogens with zero attached hydrogens (tertiary/aromatic N) is 2. The molecule has 0 radical (unpaired) electrons. The lowest BCUT2D eigenvalue weighted by Crippen LogP contribution is -2.31. The second-order valence-corrected chi connectivity index (χ2v) is 10.3. The minimum Gasteiger partial charge on any atom is -0.339 e. The molecule has 0 aliphatic heterocycles. The Balaban J connectivity index is 1.81. The summed E-state index contributed by atoms with van der Waals surface area (Å²) in [6.07, 6.45) is 1.13. The molecule has 1 N–H and O–H groups in total. The van der Waals surface area contributed by atoms with Crippen molar-refractivity contribution in [2.75, 3.05) is 29.0 Å². The lowest BCUT2D eigenvalue weighted by atomic mass is 10.1. The van der Waals surface area contributed by atoms with Gasteiger partial charge in [-0.1, -0.05) is 35.9 Å². The standard InChI is InChI=1S/C26H28ClN3O4S/c1-4-29(5-2)26(32)23-8-6-7-9-24(23)28-25(31)20-12-16-22(17-13-20)30(35(3,33)34)18-19-10-14-21(27)15-11-19/h6-17H,4-5,18H2,1-3H3,(H,28,31). The van der Waals surface area contributed by atoms with E-state index in [-0.39, 0.29) is 12.5 Å². The van der Waals surface area contributed by atoms with Crippen LogP contribution < -0.4 is 9.62 Å². The Morgan fingerprint density at radius 1 is 0.886 bits per heavy atom. The zero-order valence-electron chi connectivity index (χ0n) is 19.9. The van der Waals surface area contributed by atoms with Crippen LogP contribution in [0, 0.1) is 0 Å². The van der Waals surface area contributed by atoms with E-state index in [0.29, 0.717) is 40.6 Å². The summed E-state index contributed by atoms with van der Waals surface area (Å²) >= 11 is 5.93. The van der Waals surface area contributed by atoms with Crippen molar-refractivity contribution in [1.82, 2.24) is 4.90 Å². The number of sulfonamides is 1. The van der Waals surface area contributed by atoms with Gasteiger partial charge < -0.3 is 10.2 Å². The SMILES string of the molecule is CCN(CC)C(=O)c1ccccc1NC(=O)c1ccc(N(Cc2ccc(Cl)cc2)S(C)(=O)=O)cc1. The molecule has 0 atom stereocenters. The summed E-state index contributed by atoms with van der Waals surface area (Å²) in [5.41, 5.74) is 2.36. The van der Waals surface area contributed by atoms with Gasteiger partial charge in [0.2, 0.25) is 10.0 Å². The van der Waals surface area contributed by atoms with Crippen molar-refractivity contribution in [3.8, 4) is 0 Å². The predicted octanol–water partition coefficient (Wildman–Crippen LogP) is 5.04. The first-order valence-corrected chi connectivity index (χ1v) is 13.4. The number of anilines is 2. The molecular formula is C26H28ClN3O4S. The van der Waals surface area contributed by atoms with Crippen LogP contribution in [-0.2, 0) is 16.6 Å². The highest BCUT2D eigenvalue weighted by Crippen LogP contribution is 2.23. The van der Waals surface area contributed by atoms with E-state index in [0.717, 1.165) is 11.8 Å². The van der Waals surface area contributed by atoms with Crippen LogP contribution in [0.3, 0.4) is 0 Å². The molecule has 35 heavy (non-hydrogen) atoms. The Morgan fingerprint density at radius 3 is 2.06 bits per heavy atom. The number of para-hydroxylation sites is 1. The minimum absolute atomic E-state index is 0.127. The number of carbonyl (C=O) groups excluding carboxylic acids is 2. The second kappa shape index (κ2) is 11.4. The van der Waals surface area contributed by atoms with Gasteiger partial charge in [-0.2, -0.15) is 0 Å². The van der Waals surface area contributed by atoms with Gasteiger partial charge in [0.15, 0.2) is 0 Å². The van der Waals surface area contributed by atoms with Crippen LogP contribution in [0.4, 0.5) is 11.4 Å². The Labute approximate surface area is 211 Å². The Bertz CT molecular complexity index is 1290. The fourth-order valence-corrected chi connectivity index (χ4v) is 4.60. The molecule has 7 nitrogen and oxygen atoms in total. The highest BCUT2D eigenvalue weighted by Gasteiger charge is 2.20. The monoisotopic (exact) mass is 513 g/mol.